The minimum atomic E-state index is -0.292. The Balaban J connectivity index is 5.42. The largest absolute Gasteiger partial charge is 0.395 e. The van der Waals surface area contributed by atoms with Gasteiger partial charge in [-0.15, -0.1) is 0 Å². The summed E-state index contributed by atoms with van der Waals surface area (Å²) in [5.41, 5.74) is -0.195. The first-order valence-electron chi connectivity index (χ1n) is 38.2. The Morgan fingerprint density at radius 2 is 0.405 bits per heavy atom. The van der Waals surface area contributed by atoms with E-state index in [4.69, 9.17) is 0 Å². The molecule has 0 rings (SSSR count). The Morgan fingerprint density at radius 3 is 0.608 bits per heavy atom. The van der Waals surface area contributed by atoms with Crippen molar-refractivity contribution < 1.29 is 10.2 Å². The van der Waals surface area contributed by atoms with Crippen LogP contribution in [-0.4, -0.2) is 46.5 Å². The molecule has 3 heteroatoms. The number of unbranched alkanes of at least 4 members (excludes halogenated alkanes) is 60. The van der Waals surface area contributed by atoms with Crippen LogP contribution in [0.2, 0.25) is 0 Å². The summed E-state index contributed by atoms with van der Waals surface area (Å²) in [6.07, 6.45) is 92.3. The van der Waals surface area contributed by atoms with Crippen molar-refractivity contribution in [3.05, 3.63) is 0 Å². The molecule has 0 heterocycles. The number of nitrogens with zero attached hydrogens (tertiary/aromatic N) is 1. The van der Waals surface area contributed by atoms with Crippen LogP contribution in [0.4, 0.5) is 0 Å². The van der Waals surface area contributed by atoms with Crippen molar-refractivity contribution in [2.75, 3.05) is 19.7 Å². The second-order valence-corrected chi connectivity index (χ2v) is 26.8. The topological polar surface area (TPSA) is 43.7 Å². The maximum atomic E-state index is 12.7. The van der Waals surface area contributed by atoms with Crippen LogP contribution in [0, 0.1) is 0 Å². The average molecular weight is 1120 g/mol. The van der Waals surface area contributed by atoms with Crippen LogP contribution in [0.25, 0.3) is 0 Å². The van der Waals surface area contributed by atoms with E-state index in [-0.39, 0.29) is 18.2 Å². The van der Waals surface area contributed by atoms with E-state index < -0.39 is 0 Å². The highest BCUT2D eigenvalue weighted by Crippen LogP contribution is 2.36. The van der Waals surface area contributed by atoms with Crippen LogP contribution >= 0.6 is 0 Å². The monoisotopic (exact) mass is 1110 g/mol. The summed E-state index contributed by atoms with van der Waals surface area (Å²) in [6, 6.07) is 0. The summed E-state index contributed by atoms with van der Waals surface area (Å²) in [5, 5.41) is 23.5. The normalized spacial score (nSPS) is 12.5. The molecule has 0 saturated carbocycles. The molecule has 2 N–H and O–H groups in total. The molecule has 79 heavy (non-hydrogen) atoms. The first kappa shape index (κ1) is 78.9. The van der Waals surface area contributed by atoms with E-state index >= 15 is 0 Å². The van der Waals surface area contributed by atoms with Crippen LogP contribution in [0.3, 0.4) is 0 Å². The molecule has 1 atom stereocenters. The summed E-state index contributed by atoms with van der Waals surface area (Å²) < 4.78 is 0. The molecule has 0 amide bonds. The van der Waals surface area contributed by atoms with Crippen LogP contribution in [-0.2, 0) is 0 Å². The molecule has 0 aliphatic heterocycles. The zero-order valence-corrected chi connectivity index (χ0v) is 55.9. The molecule has 0 aromatic carbocycles. The number of aliphatic hydroxyl groups is 2. The summed E-state index contributed by atoms with van der Waals surface area (Å²) >= 11 is 0. The highest BCUT2D eigenvalue weighted by Gasteiger charge is 2.41. The van der Waals surface area contributed by atoms with E-state index in [9.17, 15) is 10.2 Å². The maximum Gasteiger partial charge on any atom is 0.0723 e. The van der Waals surface area contributed by atoms with Crippen LogP contribution < -0.4 is 0 Å². The Bertz CT molecular complexity index is 1030. The van der Waals surface area contributed by atoms with Gasteiger partial charge in [0.1, 0.15) is 0 Å². The third-order valence-corrected chi connectivity index (χ3v) is 19.2. The Kier molecular flexibility index (Phi) is 68.6. The molecule has 0 radical (unpaired) electrons. The van der Waals surface area contributed by atoms with Gasteiger partial charge in [0.15, 0.2) is 0 Å². The predicted octanol–water partition coefficient (Wildman–Crippen LogP) is 26.6. The van der Waals surface area contributed by atoms with Gasteiger partial charge >= 0.3 is 0 Å². The highest BCUT2D eigenvalue weighted by molar-refractivity contribution is 4.97. The lowest BCUT2D eigenvalue weighted by atomic mass is 9.77. The molecule has 0 aliphatic rings. The van der Waals surface area contributed by atoms with Gasteiger partial charge in [0, 0.05) is 12.1 Å². The third-order valence-electron chi connectivity index (χ3n) is 19.2. The van der Waals surface area contributed by atoms with E-state index in [2.05, 4.69) is 32.6 Å². The molecule has 3 nitrogen and oxygen atoms in total. The smallest absolute Gasteiger partial charge is 0.0723 e. The molecule has 0 aromatic rings. The van der Waals surface area contributed by atoms with Gasteiger partial charge in [-0.1, -0.05) is 432 Å². The summed E-state index contributed by atoms with van der Waals surface area (Å²) in [6.45, 7) is 11.3. The lowest BCUT2D eigenvalue weighted by Crippen LogP contribution is -2.58. The standard InChI is InChI=1S/C76H155NO2/c1-5-9-13-17-21-25-29-33-37-41-45-49-53-57-61-65-69-75(79)76(70-66-62-58-54-50-46-42-38-34-30-26-22-18-14-10-6-2,71-67-63-59-55-51-47-43-39-35-31-27-23-19-15-11-7-3)77(73-74-78)72-68-64-60-56-52-48-44-40-36-32-28-24-20-16-12-8-4/h75,78-79H,5-74H2,1-4H3. The van der Waals surface area contributed by atoms with Gasteiger partial charge in [-0.3, -0.25) is 4.90 Å². The van der Waals surface area contributed by atoms with Crippen molar-refractivity contribution in [2.45, 2.75) is 470 Å². The van der Waals surface area contributed by atoms with Gasteiger partial charge in [-0.05, 0) is 32.2 Å². The lowest BCUT2D eigenvalue weighted by molar-refractivity contribution is -0.0583. The van der Waals surface area contributed by atoms with Gasteiger partial charge in [-0.25, -0.2) is 0 Å². The fraction of sp³-hybridized carbons (Fsp3) is 1.00. The number of hydrogen-bond acceptors (Lipinski definition) is 3. The van der Waals surface area contributed by atoms with Crippen molar-refractivity contribution >= 4 is 0 Å². The van der Waals surface area contributed by atoms with Crippen molar-refractivity contribution in [1.29, 1.82) is 0 Å². The van der Waals surface area contributed by atoms with Crippen LogP contribution in [0.5, 0.6) is 0 Å². The number of aliphatic hydroxyl groups excluding tert-OH is 2. The van der Waals surface area contributed by atoms with E-state index in [0.717, 1.165) is 38.8 Å². The minimum Gasteiger partial charge on any atom is -0.395 e. The zero-order valence-electron chi connectivity index (χ0n) is 55.9. The van der Waals surface area contributed by atoms with Gasteiger partial charge in [0.05, 0.1) is 12.7 Å². The van der Waals surface area contributed by atoms with E-state index in [1.54, 1.807) is 0 Å². The van der Waals surface area contributed by atoms with Crippen molar-refractivity contribution in [1.82, 2.24) is 4.90 Å². The van der Waals surface area contributed by atoms with Gasteiger partial charge in [-0.2, -0.15) is 0 Å². The van der Waals surface area contributed by atoms with Crippen molar-refractivity contribution in [2.24, 2.45) is 0 Å². The number of rotatable bonds is 72. The first-order valence-corrected chi connectivity index (χ1v) is 38.2. The van der Waals surface area contributed by atoms with E-state index in [1.165, 1.54) is 405 Å². The fourth-order valence-corrected chi connectivity index (χ4v) is 13.6. The molecule has 0 aliphatic carbocycles. The fourth-order valence-electron chi connectivity index (χ4n) is 13.6. The molecule has 476 valence electrons. The Morgan fingerprint density at radius 1 is 0.228 bits per heavy atom. The molecule has 0 bridgehead atoms. The van der Waals surface area contributed by atoms with E-state index in [0.29, 0.717) is 0 Å². The van der Waals surface area contributed by atoms with Gasteiger partial charge in [0.25, 0.3) is 0 Å². The van der Waals surface area contributed by atoms with Crippen LogP contribution in [0.1, 0.15) is 458 Å². The molecule has 1 unspecified atom stereocenters. The highest BCUT2D eigenvalue weighted by atomic mass is 16.3. The van der Waals surface area contributed by atoms with Crippen molar-refractivity contribution in [3.8, 4) is 0 Å². The molecule has 0 aromatic heterocycles. The maximum absolute atomic E-state index is 12.7. The lowest BCUT2D eigenvalue weighted by Gasteiger charge is -2.48. The average Bonchev–Trinajstić information content (AvgIpc) is 3.54. The SMILES string of the molecule is CCCCCCCCCCCCCCCCCCC(O)C(CCCCCCCCCCCCCCCCCC)(CCCCCCCCCCCCCCCCCC)N(CCO)CCCCCCCCCCCCCCCCCC. The molecule has 0 fully saturated rings. The predicted molar refractivity (Wildman–Crippen MR) is 359 cm³/mol. The Labute approximate surface area is 501 Å². The summed E-state index contributed by atoms with van der Waals surface area (Å²) in [7, 11) is 0. The number of hydrogen-bond donors (Lipinski definition) is 2. The molecular formula is C76H155NO2. The summed E-state index contributed by atoms with van der Waals surface area (Å²) in [4.78, 5) is 2.70. The van der Waals surface area contributed by atoms with Crippen LogP contribution in [0.15, 0.2) is 0 Å². The zero-order chi connectivity index (χ0) is 57.2. The first-order chi connectivity index (χ1) is 39.1. The quantitative estimate of drug-likeness (QED) is 0.0597. The van der Waals surface area contributed by atoms with E-state index in [1.807, 2.05) is 0 Å². The van der Waals surface area contributed by atoms with Gasteiger partial charge < -0.3 is 10.2 Å². The second kappa shape index (κ2) is 68.7. The molecule has 0 saturated heterocycles. The second-order valence-electron chi connectivity index (χ2n) is 26.8. The third kappa shape index (κ3) is 56.8. The summed E-state index contributed by atoms with van der Waals surface area (Å²) in [5.74, 6) is 0. The molecule has 0 spiro atoms. The number of β-amino-alcohol motifs (C(OH)–C–C–N with tert-alkyl or cyclic N) is 1. The Hall–Kier alpha value is -0.120. The minimum absolute atomic E-state index is 0.195. The van der Waals surface area contributed by atoms with Gasteiger partial charge in [0.2, 0.25) is 0 Å². The molecular weight excluding hydrogens is 959 g/mol. The van der Waals surface area contributed by atoms with Crippen molar-refractivity contribution in [3.63, 3.8) is 0 Å².